The average molecular weight is 201 g/mol. The lowest BCUT2D eigenvalue weighted by molar-refractivity contribution is -0.171. The van der Waals surface area contributed by atoms with Crippen LogP contribution in [0.25, 0.3) is 0 Å². The fraction of sp³-hybridized carbons (Fsp3) is 0.833. The second-order valence-corrected chi connectivity index (χ2v) is 3.18. The Morgan fingerprint density at radius 1 is 1.55 bits per heavy atom. The van der Waals surface area contributed by atoms with Crippen molar-refractivity contribution in [3.05, 3.63) is 0 Å². The number of carbonyl (C=O) groups excluding carboxylic acids is 1. The number of hydrogen-bond acceptors (Lipinski definition) is 3. The molecule has 0 amide bonds. The molecule has 1 atom stereocenters. The van der Waals surface area contributed by atoms with E-state index in [0.717, 1.165) is 0 Å². The van der Waals surface area contributed by atoms with Crippen LogP contribution in [0.15, 0.2) is 0 Å². The quantitative estimate of drug-likeness (QED) is 0.394. The lowest BCUT2D eigenvalue weighted by atomic mass is 10.7. The van der Waals surface area contributed by atoms with Gasteiger partial charge in [0.1, 0.15) is 4.84 Å². The van der Waals surface area contributed by atoms with Gasteiger partial charge < -0.3 is 9.47 Å². The number of ether oxygens (including phenoxy) is 2. The van der Waals surface area contributed by atoms with Crippen molar-refractivity contribution in [2.45, 2.75) is 25.0 Å². The highest BCUT2D eigenvalue weighted by atomic mass is 35.5. The molecule has 0 aliphatic rings. The van der Waals surface area contributed by atoms with E-state index >= 15 is 0 Å². The van der Waals surface area contributed by atoms with Gasteiger partial charge in [-0.05, 0) is 6.92 Å². The molecule has 0 saturated carbocycles. The summed E-state index contributed by atoms with van der Waals surface area (Å²) in [7, 11) is 0. The van der Waals surface area contributed by atoms with Crippen molar-refractivity contribution in [1.29, 1.82) is 0 Å². The number of halogens is 2. The minimum Gasteiger partial charge on any atom is -0.436 e. The Balaban J connectivity index is 3.37. The fourth-order valence-electron chi connectivity index (χ4n) is 0.476. The van der Waals surface area contributed by atoms with Gasteiger partial charge in [-0.3, -0.25) is 4.79 Å². The van der Waals surface area contributed by atoms with Gasteiger partial charge in [0.25, 0.3) is 0 Å². The molecule has 11 heavy (non-hydrogen) atoms. The number of alkyl halides is 2. The van der Waals surface area contributed by atoms with Gasteiger partial charge >= 0.3 is 5.97 Å². The molecule has 0 aromatic heterocycles. The number of hydrogen-bond donors (Lipinski definition) is 0. The molecular weight excluding hydrogens is 191 g/mol. The molecule has 0 aliphatic heterocycles. The Morgan fingerprint density at radius 2 is 2.09 bits per heavy atom. The molecule has 3 nitrogen and oxygen atoms in total. The van der Waals surface area contributed by atoms with E-state index in [1.54, 1.807) is 6.92 Å². The lowest BCUT2D eigenvalue weighted by Crippen LogP contribution is -2.18. The topological polar surface area (TPSA) is 35.5 Å². The first-order valence-corrected chi connectivity index (χ1v) is 3.96. The van der Waals surface area contributed by atoms with Crippen LogP contribution in [0.3, 0.4) is 0 Å². The van der Waals surface area contributed by atoms with Gasteiger partial charge in [-0.1, -0.05) is 0 Å². The van der Waals surface area contributed by atoms with Crippen LogP contribution in [0, 0.1) is 0 Å². The van der Waals surface area contributed by atoms with Crippen LogP contribution >= 0.6 is 23.2 Å². The van der Waals surface area contributed by atoms with Crippen LogP contribution in [0.4, 0.5) is 0 Å². The second-order valence-electron chi connectivity index (χ2n) is 1.90. The van der Waals surface area contributed by atoms with Gasteiger partial charge in [-0.2, -0.15) is 0 Å². The molecule has 66 valence electrons. The number of carbonyl (C=O) groups is 1. The van der Waals surface area contributed by atoms with E-state index in [1.165, 1.54) is 6.92 Å². The molecule has 0 aliphatic carbocycles. The van der Waals surface area contributed by atoms with Crippen LogP contribution in [0.5, 0.6) is 0 Å². The summed E-state index contributed by atoms with van der Waals surface area (Å²) >= 11 is 10.7. The largest absolute Gasteiger partial charge is 0.436 e. The first-order chi connectivity index (χ1) is 5.02. The van der Waals surface area contributed by atoms with Crippen molar-refractivity contribution in [2.24, 2.45) is 0 Å². The van der Waals surface area contributed by atoms with E-state index in [4.69, 9.17) is 27.9 Å². The van der Waals surface area contributed by atoms with E-state index in [9.17, 15) is 4.79 Å². The van der Waals surface area contributed by atoms with Gasteiger partial charge in [0.05, 0.1) is 6.61 Å². The Labute approximate surface area is 75.6 Å². The highest BCUT2D eigenvalue weighted by Gasteiger charge is 2.07. The average Bonchev–Trinajstić information content (AvgIpc) is 1.82. The van der Waals surface area contributed by atoms with Crippen molar-refractivity contribution < 1.29 is 14.3 Å². The molecular formula is C6H10Cl2O3. The predicted molar refractivity (Wildman–Crippen MR) is 42.7 cm³/mol. The molecule has 0 saturated heterocycles. The summed E-state index contributed by atoms with van der Waals surface area (Å²) in [6, 6.07) is 0. The predicted octanol–water partition coefficient (Wildman–Crippen LogP) is 1.72. The Morgan fingerprint density at radius 3 is 2.45 bits per heavy atom. The van der Waals surface area contributed by atoms with E-state index in [-0.39, 0.29) is 6.61 Å². The Bertz CT molecular complexity index is 127. The van der Waals surface area contributed by atoms with Crippen LogP contribution in [-0.4, -0.2) is 23.7 Å². The summed E-state index contributed by atoms with van der Waals surface area (Å²) in [5.74, 6) is -0.391. The summed E-state index contributed by atoms with van der Waals surface area (Å²) in [6.45, 7) is 3.05. The third kappa shape index (κ3) is 7.91. The molecule has 1 unspecified atom stereocenters. The first kappa shape index (κ1) is 11.0. The van der Waals surface area contributed by atoms with E-state index < -0.39 is 17.1 Å². The van der Waals surface area contributed by atoms with Gasteiger partial charge in [0.2, 0.25) is 0 Å². The van der Waals surface area contributed by atoms with E-state index in [1.807, 2.05) is 0 Å². The normalized spacial score (nSPS) is 13.2. The monoisotopic (exact) mass is 200 g/mol. The summed E-state index contributed by atoms with van der Waals surface area (Å²) in [5, 5.41) is 0. The van der Waals surface area contributed by atoms with Crippen molar-refractivity contribution in [3.8, 4) is 0 Å². The fourth-order valence-corrected chi connectivity index (χ4v) is 0.621. The standard InChI is InChI=1S/C6H10Cl2O3/c1-4(9)11-5(2)10-3-6(7)8/h5-6H,3H2,1-2H3. The molecule has 0 spiro atoms. The minimum atomic E-state index is -0.590. The van der Waals surface area contributed by atoms with Crippen molar-refractivity contribution in [2.75, 3.05) is 6.61 Å². The summed E-state index contributed by atoms with van der Waals surface area (Å²) in [4.78, 5) is 9.74. The van der Waals surface area contributed by atoms with Crippen molar-refractivity contribution in [3.63, 3.8) is 0 Å². The van der Waals surface area contributed by atoms with Gasteiger partial charge in [0, 0.05) is 6.92 Å². The zero-order chi connectivity index (χ0) is 8.85. The minimum absolute atomic E-state index is 0.150. The van der Waals surface area contributed by atoms with Crippen LogP contribution in [0.1, 0.15) is 13.8 Å². The molecule has 5 heteroatoms. The molecule has 0 aromatic carbocycles. The van der Waals surface area contributed by atoms with Gasteiger partial charge in [0.15, 0.2) is 6.29 Å². The zero-order valence-electron chi connectivity index (χ0n) is 6.34. The van der Waals surface area contributed by atoms with Crippen LogP contribution < -0.4 is 0 Å². The Kier molecular flexibility index (Phi) is 5.64. The van der Waals surface area contributed by atoms with Gasteiger partial charge in [-0.25, -0.2) is 0 Å². The number of rotatable bonds is 4. The highest BCUT2D eigenvalue weighted by Crippen LogP contribution is 2.04. The SMILES string of the molecule is CC(=O)OC(C)OCC(Cl)Cl. The highest BCUT2D eigenvalue weighted by molar-refractivity contribution is 6.44. The molecule has 0 fully saturated rings. The maximum atomic E-state index is 10.3. The second kappa shape index (κ2) is 5.63. The summed E-state index contributed by atoms with van der Waals surface area (Å²) in [6.07, 6.45) is -0.590. The third-order valence-corrected chi connectivity index (χ3v) is 1.04. The number of esters is 1. The molecule has 0 N–H and O–H groups in total. The smallest absolute Gasteiger partial charge is 0.304 e. The van der Waals surface area contributed by atoms with E-state index in [2.05, 4.69) is 4.74 Å². The van der Waals surface area contributed by atoms with Crippen molar-refractivity contribution >= 4 is 29.2 Å². The van der Waals surface area contributed by atoms with Gasteiger partial charge in [-0.15, -0.1) is 23.2 Å². The maximum Gasteiger partial charge on any atom is 0.304 e. The molecule has 0 rings (SSSR count). The third-order valence-electron chi connectivity index (χ3n) is 0.789. The molecule has 0 radical (unpaired) electrons. The van der Waals surface area contributed by atoms with Crippen molar-refractivity contribution in [1.82, 2.24) is 0 Å². The van der Waals surface area contributed by atoms with Crippen LogP contribution in [-0.2, 0) is 14.3 Å². The maximum absolute atomic E-state index is 10.3. The van der Waals surface area contributed by atoms with E-state index in [0.29, 0.717) is 0 Å². The van der Waals surface area contributed by atoms with Crippen LogP contribution in [0.2, 0.25) is 0 Å². The molecule has 0 bridgehead atoms. The Hall–Kier alpha value is 0.01000. The molecule has 0 heterocycles. The zero-order valence-corrected chi connectivity index (χ0v) is 7.85. The summed E-state index contributed by atoms with van der Waals surface area (Å²) < 4.78 is 9.53. The molecule has 0 aromatic rings. The lowest BCUT2D eigenvalue weighted by Gasteiger charge is -2.12. The summed E-state index contributed by atoms with van der Waals surface area (Å²) in [5.41, 5.74) is 0. The first-order valence-electron chi connectivity index (χ1n) is 3.09.